The van der Waals surface area contributed by atoms with Crippen LogP contribution in [0, 0.1) is 0 Å². The Morgan fingerprint density at radius 2 is 1.97 bits per heavy atom. The van der Waals surface area contributed by atoms with Crippen LogP contribution in [0.3, 0.4) is 0 Å². The van der Waals surface area contributed by atoms with Gasteiger partial charge in [-0.3, -0.25) is 4.79 Å². The van der Waals surface area contributed by atoms with Gasteiger partial charge in [0.1, 0.15) is 18.0 Å². The summed E-state index contributed by atoms with van der Waals surface area (Å²) in [6, 6.07) is 13.0. The molecule has 4 rings (SSSR count). The lowest BCUT2D eigenvalue weighted by atomic mass is 9.87. The van der Waals surface area contributed by atoms with Gasteiger partial charge in [0.15, 0.2) is 0 Å². The Morgan fingerprint density at radius 1 is 1.20 bits per heavy atom. The average molecular weight is 500 g/mol. The van der Waals surface area contributed by atoms with Gasteiger partial charge in [0.25, 0.3) is 5.91 Å². The first-order chi connectivity index (χ1) is 16.9. The van der Waals surface area contributed by atoms with Gasteiger partial charge in [0.2, 0.25) is 0 Å². The summed E-state index contributed by atoms with van der Waals surface area (Å²) >= 11 is 1.76. The Kier molecular flexibility index (Phi) is 8.87. The minimum atomic E-state index is -0.346. The van der Waals surface area contributed by atoms with Crippen molar-refractivity contribution in [3.8, 4) is 5.75 Å². The number of piperidine rings is 1. The summed E-state index contributed by atoms with van der Waals surface area (Å²) in [4.78, 5) is 18.3. The number of thiophene rings is 1. The normalized spacial score (nSPS) is 21.6. The van der Waals surface area contributed by atoms with Gasteiger partial charge in [-0.2, -0.15) is 0 Å². The Hall–Kier alpha value is -1.93. The molecule has 7 heteroatoms. The third-order valence-electron chi connectivity index (χ3n) is 7.36. The fraction of sp³-hybridized carbons (Fsp3) is 0.607. The van der Waals surface area contributed by atoms with Crippen molar-refractivity contribution in [1.82, 2.24) is 15.1 Å². The molecule has 1 spiro atoms. The SMILES string of the molecule is CNCCC(Oc1ccccc1CCN1CCC2(CC1)CN(C(C)C)C(=O)C(C)O2)c1cccs1. The number of likely N-dealkylation sites (tertiary alicyclic amines) is 1. The lowest BCUT2D eigenvalue weighted by Crippen LogP contribution is -2.62. The zero-order valence-corrected chi connectivity index (χ0v) is 22.5. The number of morpholine rings is 1. The molecule has 0 saturated carbocycles. The molecule has 6 nitrogen and oxygen atoms in total. The summed E-state index contributed by atoms with van der Waals surface area (Å²) in [5.74, 6) is 1.12. The topological polar surface area (TPSA) is 54.0 Å². The molecule has 1 N–H and O–H groups in total. The summed E-state index contributed by atoms with van der Waals surface area (Å²) < 4.78 is 12.9. The minimum Gasteiger partial charge on any atom is -0.485 e. The van der Waals surface area contributed by atoms with Crippen LogP contribution in [0.25, 0.3) is 0 Å². The maximum atomic E-state index is 12.5. The summed E-state index contributed by atoms with van der Waals surface area (Å²) in [5, 5.41) is 5.37. The Bertz CT molecular complexity index is 941. The number of hydrogen-bond acceptors (Lipinski definition) is 6. The van der Waals surface area contributed by atoms with Crippen LogP contribution in [0.1, 0.15) is 56.6 Å². The number of nitrogens with one attached hydrogen (secondary N) is 1. The molecule has 2 aliphatic rings. The molecular weight excluding hydrogens is 458 g/mol. The van der Waals surface area contributed by atoms with Crippen LogP contribution in [0.15, 0.2) is 41.8 Å². The molecule has 2 unspecified atom stereocenters. The van der Waals surface area contributed by atoms with E-state index in [1.165, 1.54) is 10.4 Å². The molecule has 2 saturated heterocycles. The number of amides is 1. The van der Waals surface area contributed by atoms with Crippen LogP contribution in [0.5, 0.6) is 5.75 Å². The van der Waals surface area contributed by atoms with Crippen molar-refractivity contribution in [1.29, 1.82) is 0 Å². The molecule has 2 atom stereocenters. The van der Waals surface area contributed by atoms with Gasteiger partial charge in [-0.15, -0.1) is 11.3 Å². The quantitative estimate of drug-likeness (QED) is 0.521. The van der Waals surface area contributed by atoms with Crippen LogP contribution in [-0.4, -0.2) is 73.2 Å². The summed E-state index contributed by atoms with van der Waals surface area (Å²) in [6.45, 7) is 10.7. The van der Waals surface area contributed by atoms with Crippen molar-refractivity contribution < 1.29 is 14.3 Å². The highest BCUT2D eigenvalue weighted by Gasteiger charge is 2.45. The number of carbonyl (C=O) groups excluding carboxylic acids is 1. The molecule has 0 aliphatic carbocycles. The largest absolute Gasteiger partial charge is 0.485 e. The smallest absolute Gasteiger partial charge is 0.251 e. The van der Waals surface area contributed by atoms with E-state index >= 15 is 0 Å². The van der Waals surface area contributed by atoms with E-state index in [9.17, 15) is 4.79 Å². The highest BCUT2D eigenvalue weighted by Crippen LogP contribution is 2.34. The standard InChI is InChI=1S/C28H41N3O3S/c1-21(2)31-20-28(34-22(3)27(31)32)13-17-30(18-14-28)16-12-23-8-5-6-9-24(23)33-25(11-15-29-4)26-10-7-19-35-26/h5-10,19,21-22,25,29H,11-18,20H2,1-4H3. The third kappa shape index (κ3) is 6.45. The van der Waals surface area contributed by atoms with Crippen LogP contribution in [-0.2, 0) is 16.0 Å². The molecule has 0 radical (unpaired) electrons. The van der Waals surface area contributed by atoms with Crippen molar-refractivity contribution in [3.05, 3.63) is 52.2 Å². The van der Waals surface area contributed by atoms with Gasteiger partial charge in [0.05, 0.1) is 12.1 Å². The number of carbonyl (C=O) groups is 1. The van der Waals surface area contributed by atoms with E-state index in [1.807, 2.05) is 18.9 Å². The highest BCUT2D eigenvalue weighted by atomic mass is 32.1. The Labute approximate surface area is 214 Å². The van der Waals surface area contributed by atoms with Crippen molar-refractivity contribution in [2.45, 2.75) is 70.3 Å². The molecule has 0 bridgehead atoms. The van der Waals surface area contributed by atoms with Crippen molar-refractivity contribution in [2.24, 2.45) is 0 Å². The van der Waals surface area contributed by atoms with Crippen LogP contribution in [0.4, 0.5) is 0 Å². The maximum Gasteiger partial charge on any atom is 0.251 e. The monoisotopic (exact) mass is 499 g/mol. The van der Waals surface area contributed by atoms with E-state index in [0.717, 1.165) is 64.2 Å². The molecule has 35 heavy (non-hydrogen) atoms. The van der Waals surface area contributed by atoms with E-state index in [0.29, 0.717) is 0 Å². The third-order valence-corrected chi connectivity index (χ3v) is 8.33. The minimum absolute atomic E-state index is 0.0653. The average Bonchev–Trinajstić information content (AvgIpc) is 3.39. The predicted molar refractivity (Wildman–Crippen MR) is 142 cm³/mol. The summed E-state index contributed by atoms with van der Waals surface area (Å²) in [7, 11) is 1.99. The number of ether oxygens (including phenoxy) is 2. The zero-order chi connectivity index (χ0) is 24.8. The van der Waals surface area contributed by atoms with Gasteiger partial charge in [-0.05, 0) is 76.7 Å². The van der Waals surface area contributed by atoms with Crippen molar-refractivity contribution in [3.63, 3.8) is 0 Å². The van der Waals surface area contributed by atoms with E-state index in [2.05, 4.69) is 65.8 Å². The van der Waals surface area contributed by atoms with Crippen LogP contribution < -0.4 is 10.1 Å². The zero-order valence-electron chi connectivity index (χ0n) is 21.7. The van der Waals surface area contributed by atoms with Gasteiger partial charge >= 0.3 is 0 Å². The van der Waals surface area contributed by atoms with Crippen LogP contribution >= 0.6 is 11.3 Å². The Morgan fingerprint density at radius 3 is 2.66 bits per heavy atom. The number of hydrogen-bond donors (Lipinski definition) is 1. The van der Waals surface area contributed by atoms with E-state index < -0.39 is 0 Å². The van der Waals surface area contributed by atoms with E-state index in [4.69, 9.17) is 9.47 Å². The molecule has 2 fully saturated rings. The van der Waals surface area contributed by atoms with Crippen molar-refractivity contribution in [2.75, 3.05) is 39.8 Å². The molecule has 1 aromatic heterocycles. The van der Waals surface area contributed by atoms with Crippen LogP contribution in [0.2, 0.25) is 0 Å². The second-order valence-electron chi connectivity index (χ2n) is 10.2. The van der Waals surface area contributed by atoms with Crippen molar-refractivity contribution >= 4 is 17.2 Å². The first-order valence-corrected chi connectivity index (χ1v) is 13.9. The van der Waals surface area contributed by atoms with Gasteiger partial charge in [-0.25, -0.2) is 0 Å². The molecule has 2 aromatic rings. The first-order valence-electron chi connectivity index (χ1n) is 13.0. The lowest BCUT2D eigenvalue weighted by molar-refractivity contribution is -0.192. The van der Waals surface area contributed by atoms with Gasteiger partial charge in [-0.1, -0.05) is 24.3 Å². The van der Waals surface area contributed by atoms with Gasteiger partial charge < -0.3 is 24.6 Å². The first kappa shape index (κ1) is 26.1. The molecule has 1 aromatic carbocycles. The van der Waals surface area contributed by atoms with E-state index in [-0.39, 0.29) is 29.8 Å². The summed E-state index contributed by atoms with van der Waals surface area (Å²) in [6.07, 6.45) is 3.55. The van der Waals surface area contributed by atoms with E-state index in [1.54, 1.807) is 11.3 Å². The number of para-hydroxylation sites is 1. The fourth-order valence-electron chi connectivity index (χ4n) is 5.25. The molecule has 192 valence electrons. The predicted octanol–water partition coefficient (Wildman–Crippen LogP) is 4.51. The molecule has 2 aliphatic heterocycles. The number of rotatable bonds is 10. The maximum absolute atomic E-state index is 12.5. The highest BCUT2D eigenvalue weighted by molar-refractivity contribution is 7.10. The number of nitrogens with zero attached hydrogens (tertiary/aromatic N) is 2. The molecule has 1 amide bonds. The molecule has 3 heterocycles. The second-order valence-corrected chi connectivity index (χ2v) is 11.2. The second kappa shape index (κ2) is 11.9. The lowest BCUT2D eigenvalue weighted by Gasteiger charge is -2.50. The fourth-order valence-corrected chi connectivity index (χ4v) is 6.04. The Balaban J connectivity index is 1.34. The molecular formula is C28H41N3O3S. The van der Waals surface area contributed by atoms with Gasteiger partial charge in [0, 0.05) is 37.0 Å². The number of benzene rings is 1. The summed E-state index contributed by atoms with van der Waals surface area (Å²) in [5.41, 5.74) is 1.06.